The van der Waals surface area contributed by atoms with E-state index in [1.165, 1.54) is 6.26 Å². The fourth-order valence-corrected chi connectivity index (χ4v) is 3.95. The molecule has 1 atom stereocenters. The lowest BCUT2D eigenvalue weighted by atomic mass is 10.1. The van der Waals surface area contributed by atoms with Gasteiger partial charge in [0.05, 0.1) is 24.8 Å². The molecule has 17 heavy (non-hydrogen) atoms. The van der Waals surface area contributed by atoms with Gasteiger partial charge in [-0.2, -0.15) is 0 Å². The number of sulfone groups is 1. The fourth-order valence-electron chi connectivity index (χ4n) is 1.44. The lowest BCUT2D eigenvalue weighted by Crippen LogP contribution is -2.09. The summed E-state index contributed by atoms with van der Waals surface area (Å²) in [4.78, 5) is -0.317. The van der Waals surface area contributed by atoms with E-state index in [-0.39, 0.29) is 10.6 Å². The Morgan fingerprint density at radius 3 is 2.41 bits per heavy atom. The molecule has 0 N–H and O–H groups in total. The van der Waals surface area contributed by atoms with Gasteiger partial charge >= 0.3 is 0 Å². The molecular weight excluding hydrogens is 308 g/mol. The number of rotatable bonds is 5. The van der Waals surface area contributed by atoms with Crippen LogP contribution in [0.2, 0.25) is 0 Å². The SMILES string of the molecule is COc1ccc(OC)c(C(Br)CS(C)(=O)=O)c1. The predicted octanol–water partition coefficient (Wildman–Crippen LogP) is 2.18. The van der Waals surface area contributed by atoms with E-state index in [1.54, 1.807) is 32.4 Å². The summed E-state index contributed by atoms with van der Waals surface area (Å²) < 4.78 is 32.8. The molecule has 0 radical (unpaired) electrons. The van der Waals surface area contributed by atoms with Crippen molar-refractivity contribution in [2.45, 2.75) is 4.83 Å². The average Bonchev–Trinajstić information content (AvgIpc) is 2.25. The highest BCUT2D eigenvalue weighted by Gasteiger charge is 2.18. The van der Waals surface area contributed by atoms with Crippen LogP contribution in [0.3, 0.4) is 0 Å². The first kappa shape index (κ1) is 14.3. The van der Waals surface area contributed by atoms with E-state index in [9.17, 15) is 8.42 Å². The van der Waals surface area contributed by atoms with E-state index >= 15 is 0 Å². The molecule has 0 fully saturated rings. The lowest BCUT2D eigenvalue weighted by Gasteiger charge is -2.14. The number of alkyl halides is 1. The molecular formula is C11H15BrO4S. The number of methoxy groups -OCH3 is 2. The summed E-state index contributed by atoms with van der Waals surface area (Å²) in [6.45, 7) is 0. The minimum Gasteiger partial charge on any atom is -0.497 e. The maximum atomic E-state index is 11.3. The van der Waals surface area contributed by atoms with E-state index in [0.29, 0.717) is 11.5 Å². The molecule has 0 bridgehead atoms. The number of benzene rings is 1. The third kappa shape index (κ3) is 4.20. The quantitative estimate of drug-likeness (QED) is 0.780. The zero-order chi connectivity index (χ0) is 13.1. The minimum atomic E-state index is -3.06. The van der Waals surface area contributed by atoms with Crippen molar-refractivity contribution < 1.29 is 17.9 Å². The van der Waals surface area contributed by atoms with Crippen LogP contribution in [-0.2, 0) is 9.84 Å². The van der Waals surface area contributed by atoms with Crippen LogP contribution in [0.15, 0.2) is 18.2 Å². The molecule has 0 saturated carbocycles. The van der Waals surface area contributed by atoms with Gasteiger partial charge in [0.25, 0.3) is 0 Å². The molecule has 0 amide bonds. The van der Waals surface area contributed by atoms with Gasteiger partial charge in [0.15, 0.2) is 0 Å². The summed E-state index contributed by atoms with van der Waals surface area (Å²) >= 11 is 3.36. The minimum absolute atomic E-state index is 0.0104. The second kappa shape index (κ2) is 5.73. The van der Waals surface area contributed by atoms with Crippen molar-refractivity contribution in [2.75, 3.05) is 26.2 Å². The van der Waals surface area contributed by atoms with Gasteiger partial charge in [-0.15, -0.1) is 0 Å². The molecule has 0 heterocycles. The molecule has 0 spiro atoms. The summed E-state index contributed by atoms with van der Waals surface area (Å²) in [5, 5.41) is 0. The summed E-state index contributed by atoms with van der Waals surface area (Å²) in [5.74, 6) is 1.31. The highest BCUT2D eigenvalue weighted by atomic mass is 79.9. The van der Waals surface area contributed by atoms with Crippen molar-refractivity contribution in [3.8, 4) is 11.5 Å². The Balaban J connectivity index is 3.09. The lowest BCUT2D eigenvalue weighted by molar-refractivity contribution is 0.399. The molecule has 0 aliphatic rings. The Morgan fingerprint density at radius 1 is 1.29 bits per heavy atom. The summed E-state index contributed by atoms with van der Waals surface area (Å²) in [6.07, 6.45) is 1.20. The van der Waals surface area contributed by atoms with Gasteiger partial charge in [-0.25, -0.2) is 8.42 Å². The maximum absolute atomic E-state index is 11.3. The van der Waals surface area contributed by atoms with Gasteiger partial charge in [0.1, 0.15) is 21.3 Å². The van der Waals surface area contributed by atoms with Crippen LogP contribution in [0.25, 0.3) is 0 Å². The Labute approximate surface area is 110 Å². The Kier molecular flexibility index (Phi) is 4.82. The molecule has 0 saturated heterocycles. The van der Waals surface area contributed by atoms with Gasteiger partial charge < -0.3 is 9.47 Å². The van der Waals surface area contributed by atoms with Crippen LogP contribution in [-0.4, -0.2) is 34.6 Å². The molecule has 1 unspecified atom stereocenters. The third-order valence-electron chi connectivity index (χ3n) is 2.22. The number of hydrogen-bond donors (Lipinski definition) is 0. The summed E-state index contributed by atoms with van der Waals surface area (Å²) in [7, 11) is 0.0487. The third-order valence-corrected chi connectivity index (χ3v) is 4.41. The fraction of sp³-hybridized carbons (Fsp3) is 0.455. The second-order valence-electron chi connectivity index (χ2n) is 3.67. The molecule has 6 heteroatoms. The van der Waals surface area contributed by atoms with Crippen molar-refractivity contribution in [1.82, 2.24) is 0 Å². The van der Waals surface area contributed by atoms with Crippen LogP contribution >= 0.6 is 15.9 Å². The largest absolute Gasteiger partial charge is 0.497 e. The van der Waals surface area contributed by atoms with E-state index in [2.05, 4.69) is 15.9 Å². The summed E-state index contributed by atoms with van der Waals surface area (Å²) in [6, 6.07) is 5.29. The second-order valence-corrected chi connectivity index (χ2v) is 6.96. The highest BCUT2D eigenvalue weighted by molar-refractivity contribution is 9.09. The standard InChI is InChI=1S/C11H15BrO4S/c1-15-8-4-5-11(16-2)9(6-8)10(12)7-17(3,13)14/h4-6,10H,7H2,1-3H3. The van der Waals surface area contributed by atoms with Crippen molar-refractivity contribution in [2.24, 2.45) is 0 Å². The Hall–Kier alpha value is -0.750. The smallest absolute Gasteiger partial charge is 0.148 e. The summed E-state index contributed by atoms with van der Waals surface area (Å²) in [5.41, 5.74) is 0.761. The first-order chi connectivity index (χ1) is 7.87. The van der Waals surface area contributed by atoms with Gasteiger partial charge in [0, 0.05) is 11.8 Å². The van der Waals surface area contributed by atoms with Gasteiger partial charge in [-0.3, -0.25) is 0 Å². The van der Waals surface area contributed by atoms with Crippen molar-refractivity contribution in [3.05, 3.63) is 23.8 Å². The van der Waals surface area contributed by atoms with Crippen LogP contribution in [0.4, 0.5) is 0 Å². The first-order valence-corrected chi connectivity index (χ1v) is 7.88. The zero-order valence-electron chi connectivity index (χ0n) is 9.94. The Morgan fingerprint density at radius 2 is 1.94 bits per heavy atom. The van der Waals surface area contributed by atoms with Gasteiger partial charge in [0.2, 0.25) is 0 Å². The predicted molar refractivity (Wildman–Crippen MR) is 70.9 cm³/mol. The van der Waals surface area contributed by atoms with Gasteiger partial charge in [-0.1, -0.05) is 15.9 Å². The van der Waals surface area contributed by atoms with E-state index in [1.807, 2.05) is 0 Å². The van der Waals surface area contributed by atoms with Crippen LogP contribution in [0.5, 0.6) is 11.5 Å². The van der Waals surface area contributed by atoms with Crippen LogP contribution in [0.1, 0.15) is 10.4 Å². The maximum Gasteiger partial charge on any atom is 0.148 e. The molecule has 4 nitrogen and oxygen atoms in total. The van der Waals surface area contributed by atoms with E-state index in [4.69, 9.17) is 9.47 Å². The molecule has 1 aromatic carbocycles. The molecule has 1 rings (SSSR count). The van der Waals surface area contributed by atoms with Gasteiger partial charge in [-0.05, 0) is 18.2 Å². The molecule has 0 aliphatic heterocycles. The average molecular weight is 323 g/mol. The number of ether oxygens (including phenoxy) is 2. The topological polar surface area (TPSA) is 52.6 Å². The molecule has 0 aliphatic carbocycles. The van der Waals surface area contributed by atoms with Crippen LogP contribution in [0, 0.1) is 0 Å². The van der Waals surface area contributed by atoms with E-state index < -0.39 is 9.84 Å². The Bertz CT molecular complexity index is 484. The normalized spacial score (nSPS) is 13.2. The zero-order valence-corrected chi connectivity index (χ0v) is 12.3. The molecule has 96 valence electrons. The van der Waals surface area contributed by atoms with E-state index in [0.717, 1.165) is 5.56 Å². The first-order valence-electron chi connectivity index (χ1n) is 4.91. The highest BCUT2D eigenvalue weighted by Crippen LogP contribution is 2.34. The monoisotopic (exact) mass is 322 g/mol. The number of hydrogen-bond acceptors (Lipinski definition) is 4. The molecule has 0 aromatic heterocycles. The molecule has 1 aromatic rings. The van der Waals surface area contributed by atoms with Crippen molar-refractivity contribution in [1.29, 1.82) is 0 Å². The van der Waals surface area contributed by atoms with Crippen LogP contribution < -0.4 is 9.47 Å². The van der Waals surface area contributed by atoms with Crippen molar-refractivity contribution in [3.63, 3.8) is 0 Å². The van der Waals surface area contributed by atoms with Crippen molar-refractivity contribution >= 4 is 25.8 Å². The number of halogens is 1.